The number of aliphatic carboxylic acids is 1. The lowest BCUT2D eigenvalue weighted by Crippen LogP contribution is -2.52. The molecule has 0 saturated carbocycles. The summed E-state index contributed by atoms with van der Waals surface area (Å²) in [4.78, 5) is 35.6. The van der Waals surface area contributed by atoms with Gasteiger partial charge in [-0.05, 0) is 36.6 Å². The predicted molar refractivity (Wildman–Crippen MR) is 108 cm³/mol. The van der Waals surface area contributed by atoms with Crippen molar-refractivity contribution in [2.24, 2.45) is 0 Å². The van der Waals surface area contributed by atoms with E-state index in [1.807, 2.05) is 0 Å². The van der Waals surface area contributed by atoms with Crippen LogP contribution in [-0.2, 0) is 27.2 Å². The number of aliphatic hydroxyl groups is 1. The van der Waals surface area contributed by atoms with Crippen LogP contribution in [-0.4, -0.2) is 46.2 Å². The minimum absolute atomic E-state index is 0.112. The van der Waals surface area contributed by atoms with Crippen molar-refractivity contribution in [3.63, 3.8) is 0 Å². The zero-order valence-electron chi connectivity index (χ0n) is 16.8. The molecule has 0 aliphatic carbocycles. The number of carboxylic acids is 1. The Bertz CT molecular complexity index is 903. The molecule has 0 heterocycles. The smallest absolute Gasteiger partial charge is 0.306 e. The fourth-order valence-corrected chi connectivity index (χ4v) is 3.04. The van der Waals surface area contributed by atoms with Crippen LogP contribution >= 0.6 is 0 Å². The summed E-state index contributed by atoms with van der Waals surface area (Å²) in [5, 5.41) is 24.2. The van der Waals surface area contributed by atoms with Gasteiger partial charge in [0.1, 0.15) is 17.7 Å². The summed E-state index contributed by atoms with van der Waals surface area (Å²) in [5.41, 5.74) is 0.892. The first kappa shape index (κ1) is 23.9. The molecule has 0 unspecified atom stereocenters. The summed E-state index contributed by atoms with van der Waals surface area (Å²) in [6, 6.07) is 9.69. The Balaban J connectivity index is 2.00. The molecule has 2 aromatic rings. The van der Waals surface area contributed by atoms with Gasteiger partial charge in [-0.3, -0.25) is 14.4 Å². The Labute approximate surface area is 178 Å². The van der Waals surface area contributed by atoms with Crippen molar-refractivity contribution in [1.82, 2.24) is 10.6 Å². The Kier molecular flexibility index (Phi) is 8.63. The van der Waals surface area contributed by atoms with Crippen LogP contribution in [0.1, 0.15) is 24.5 Å². The van der Waals surface area contributed by atoms with Crippen LogP contribution < -0.4 is 10.6 Å². The Morgan fingerprint density at radius 2 is 1.58 bits per heavy atom. The number of aliphatic hydroxyl groups excluding tert-OH is 1. The van der Waals surface area contributed by atoms with Crippen molar-refractivity contribution in [2.75, 3.05) is 0 Å². The quantitative estimate of drug-likeness (QED) is 0.453. The maximum atomic E-state index is 13.3. The van der Waals surface area contributed by atoms with E-state index in [9.17, 15) is 28.3 Å². The zero-order valence-corrected chi connectivity index (χ0v) is 16.8. The highest BCUT2D eigenvalue weighted by molar-refractivity contribution is 5.88. The fraction of sp³-hybridized carbons (Fsp3) is 0.318. The minimum Gasteiger partial charge on any atom is -0.481 e. The van der Waals surface area contributed by atoms with E-state index in [0.29, 0.717) is 6.07 Å². The van der Waals surface area contributed by atoms with Crippen LogP contribution in [0.2, 0.25) is 0 Å². The molecule has 0 radical (unpaired) electrons. The first-order valence-corrected chi connectivity index (χ1v) is 9.62. The predicted octanol–water partition coefficient (Wildman–Crippen LogP) is 1.58. The van der Waals surface area contributed by atoms with Gasteiger partial charge in [0, 0.05) is 6.07 Å². The number of carboxylic acid groups (broad SMARTS) is 1. The molecule has 0 spiro atoms. The molecular weight excluding hydrogens is 410 g/mol. The third kappa shape index (κ3) is 8.13. The Morgan fingerprint density at radius 3 is 2.16 bits per heavy atom. The molecule has 3 atom stereocenters. The lowest BCUT2D eigenvalue weighted by Gasteiger charge is -2.25. The SMILES string of the molecule is C[C@H](NC(=O)Cc1cc(F)cc(F)c1)C(=O)N[C@@H](Cc1ccccc1)[C@@H](O)CC(=O)O. The Hall–Kier alpha value is -3.33. The van der Waals surface area contributed by atoms with Crippen LogP contribution in [0.4, 0.5) is 8.78 Å². The molecule has 0 saturated heterocycles. The van der Waals surface area contributed by atoms with E-state index < -0.39 is 54.0 Å². The van der Waals surface area contributed by atoms with Gasteiger partial charge in [0.15, 0.2) is 0 Å². The summed E-state index contributed by atoms with van der Waals surface area (Å²) >= 11 is 0. The standard InChI is InChI=1S/C22H24F2N2O5/c1-13(25-20(28)10-15-7-16(23)11-17(24)8-15)22(31)26-18(19(27)12-21(29)30)9-14-5-3-2-4-6-14/h2-8,11,13,18-19,27H,9-10,12H2,1H3,(H,25,28)(H,26,31)(H,29,30)/t13-,18-,19-/m0/s1. The van der Waals surface area contributed by atoms with E-state index in [4.69, 9.17) is 5.11 Å². The summed E-state index contributed by atoms with van der Waals surface area (Å²) in [5.74, 6) is -4.11. The molecule has 31 heavy (non-hydrogen) atoms. The molecule has 0 aromatic heterocycles. The number of nitrogens with one attached hydrogen (secondary N) is 2. The molecule has 166 valence electrons. The number of halogens is 2. The van der Waals surface area contributed by atoms with Crippen LogP contribution in [0, 0.1) is 11.6 Å². The van der Waals surface area contributed by atoms with E-state index in [0.717, 1.165) is 17.7 Å². The molecule has 0 aliphatic heterocycles. The van der Waals surface area contributed by atoms with Crippen LogP contribution in [0.25, 0.3) is 0 Å². The summed E-state index contributed by atoms with van der Waals surface area (Å²) in [6.45, 7) is 1.41. The van der Waals surface area contributed by atoms with Gasteiger partial charge >= 0.3 is 5.97 Å². The molecule has 2 aromatic carbocycles. The molecule has 4 N–H and O–H groups in total. The number of carbonyl (C=O) groups is 3. The molecule has 0 fully saturated rings. The highest BCUT2D eigenvalue weighted by Gasteiger charge is 2.26. The zero-order chi connectivity index (χ0) is 23.0. The lowest BCUT2D eigenvalue weighted by atomic mass is 9.99. The average Bonchev–Trinajstić information content (AvgIpc) is 2.66. The highest BCUT2D eigenvalue weighted by Crippen LogP contribution is 2.10. The number of amides is 2. The van der Waals surface area contributed by atoms with E-state index in [1.165, 1.54) is 6.92 Å². The molecule has 9 heteroatoms. The summed E-state index contributed by atoms with van der Waals surface area (Å²) in [6.07, 6.45) is -2.06. The van der Waals surface area contributed by atoms with E-state index >= 15 is 0 Å². The van der Waals surface area contributed by atoms with Crippen molar-refractivity contribution in [3.05, 3.63) is 71.3 Å². The number of hydrogen-bond acceptors (Lipinski definition) is 4. The summed E-state index contributed by atoms with van der Waals surface area (Å²) in [7, 11) is 0. The summed E-state index contributed by atoms with van der Waals surface area (Å²) < 4.78 is 26.5. The third-order valence-electron chi connectivity index (χ3n) is 4.53. The molecule has 0 aliphatic rings. The van der Waals surface area contributed by atoms with Gasteiger partial charge in [-0.2, -0.15) is 0 Å². The molecule has 0 bridgehead atoms. The number of benzene rings is 2. The number of hydrogen-bond donors (Lipinski definition) is 4. The van der Waals surface area contributed by atoms with Gasteiger partial charge in [-0.1, -0.05) is 30.3 Å². The first-order valence-electron chi connectivity index (χ1n) is 9.62. The van der Waals surface area contributed by atoms with Gasteiger partial charge in [0.2, 0.25) is 11.8 Å². The maximum Gasteiger partial charge on any atom is 0.306 e. The van der Waals surface area contributed by atoms with Gasteiger partial charge < -0.3 is 20.8 Å². The largest absolute Gasteiger partial charge is 0.481 e. The van der Waals surface area contributed by atoms with Gasteiger partial charge in [-0.15, -0.1) is 0 Å². The van der Waals surface area contributed by atoms with Gasteiger partial charge in [0.25, 0.3) is 0 Å². The molecule has 7 nitrogen and oxygen atoms in total. The van der Waals surface area contributed by atoms with E-state index in [1.54, 1.807) is 30.3 Å². The molecule has 2 amide bonds. The number of carbonyl (C=O) groups excluding carboxylic acids is 2. The average molecular weight is 434 g/mol. The third-order valence-corrected chi connectivity index (χ3v) is 4.53. The second-order valence-corrected chi connectivity index (χ2v) is 7.21. The number of rotatable bonds is 10. The normalized spacial score (nSPS) is 13.7. The van der Waals surface area contributed by atoms with Crippen LogP contribution in [0.5, 0.6) is 0 Å². The second kappa shape index (κ2) is 11.2. The monoisotopic (exact) mass is 434 g/mol. The van der Waals surface area contributed by atoms with Gasteiger partial charge in [0.05, 0.1) is 25.0 Å². The van der Waals surface area contributed by atoms with Gasteiger partial charge in [-0.25, -0.2) is 8.78 Å². The first-order chi connectivity index (χ1) is 14.6. The Morgan fingerprint density at radius 1 is 0.968 bits per heavy atom. The molecule has 2 rings (SSSR count). The van der Waals surface area contributed by atoms with Crippen molar-refractivity contribution >= 4 is 17.8 Å². The van der Waals surface area contributed by atoms with Crippen LogP contribution in [0.15, 0.2) is 48.5 Å². The van der Waals surface area contributed by atoms with E-state index in [-0.39, 0.29) is 18.4 Å². The second-order valence-electron chi connectivity index (χ2n) is 7.21. The van der Waals surface area contributed by atoms with Crippen molar-refractivity contribution < 1.29 is 33.4 Å². The van der Waals surface area contributed by atoms with E-state index in [2.05, 4.69) is 10.6 Å². The highest BCUT2D eigenvalue weighted by atomic mass is 19.1. The van der Waals surface area contributed by atoms with Crippen molar-refractivity contribution in [1.29, 1.82) is 0 Å². The van der Waals surface area contributed by atoms with Crippen molar-refractivity contribution in [2.45, 2.75) is 44.4 Å². The fourth-order valence-electron chi connectivity index (χ4n) is 3.04. The van der Waals surface area contributed by atoms with Crippen LogP contribution in [0.3, 0.4) is 0 Å². The topological polar surface area (TPSA) is 116 Å². The minimum atomic E-state index is -1.35. The van der Waals surface area contributed by atoms with Crippen molar-refractivity contribution in [3.8, 4) is 0 Å². The molecular formula is C22H24F2N2O5. The lowest BCUT2D eigenvalue weighted by molar-refractivity contribution is -0.140. The maximum absolute atomic E-state index is 13.3.